The molecule has 1 atom stereocenters. The molecule has 1 amide bonds. The molecule has 144 valence electrons. The van der Waals surface area contributed by atoms with Gasteiger partial charge in [0, 0.05) is 6.42 Å². The molecule has 6 nitrogen and oxygen atoms in total. The molecule has 0 fully saturated rings. The molecule has 0 aliphatic rings. The van der Waals surface area contributed by atoms with Crippen molar-refractivity contribution >= 4 is 12.1 Å². The summed E-state index contributed by atoms with van der Waals surface area (Å²) in [4.78, 5) is 24.0. The number of carbonyl (C=O) groups is 2. The second-order valence-electron chi connectivity index (χ2n) is 6.99. The molecule has 1 N–H and O–H groups in total. The maximum absolute atomic E-state index is 12.0. The first kappa shape index (κ1) is 20.3. The first-order chi connectivity index (χ1) is 12.8. The number of alkyl carbamates (subject to hydrolysis) is 1. The monoisotopic (exact) mass is 371 g/mol. The predicted molar refractivity (Wildman–Crippen MR) is 102 cm³/mol. The van der Waals surface area contributed by atoms with Crippen molar-refractivity contribution in [3.05, 3.63) is 60.2 Å². The molecule has 0 saturated heterocycles. The highest BCUT2D eigenvalue weighted by Crippen LogP contribution is 2.21. The highest BCUT2D eigenvalue weighted by atomic mass is 16.6. The van der Waals surface area contributed by atoms with Crippen LogP contribution in [0, 0.1) is 0 Å². The van der Waals surface area contributed by atoms with Crippen LogP contribution in [0.1, 0.15) is 26.3 Å². The van der Waals surface area contributed by atoms with Gasteiger partial charge in [0.05, 0.1) is 7.11 Å². The minimum absolute atomic E-state index is 0.275. The average molecular weight is 371 g/mol. The van der Waals surface area contributed by atoms with E-state index in [1.807, 2.05) is 54.6 Å². The van der Waals surface area contributed by atoms with Gasteiger partial charge in [-0.05, 0) is 50.6 Å². The Morgan fingerprint density at radius 2 is 1.56 bits per heavy atom. The number of nitrogens with one attached hydrogen (secondary N) is 1. The van der Waals surface area contributed by atoms with Gasteiger partial charge in [0.1, 0.15) is 23.1 Å². The number of ether oxygens (including phenoxy) is 3. The lowest BCUT2D eigenvalue weighted by atomic mass is 10.1. The number of methoxy groups -OCH3 is 1. The average Bonchev–Trinajstić information content (AvgIpc) is 2.61. The molecule has 6 heteroatoms. The Morgan fingerprint density at radius 1 is 0.963 bits per heavy atom. The van der Waals surface area contributed by atoms with Crippen LogP contribution in [0.2, 0.25) is 0 Å². The van der Waals surface area contributed by atoms with E-state index in [1.165, 1.54) is 7.11 Å². The van der Waals surface area contributed by atoms with Crippen LogP contribution in [0.3, 0.4) is 0 Å². The quantitative estimate of drug-likeness (QED) is 0.774. The minimum Gasteiger partial charge on any atom is -0.467 e. The van der Waals surface area contributed by atoms with Crippen molar-refractivity contribution in [2.75, 3.05) is 7.11 Å². The Kier molecular flexibility index (Phi) is 6.82. The van der Waals surface area contributed by atoms with Crippen LogP contribution in [0.25, 0.3) is 0 Å². The van der Waals surface area contributed by atoms with E-state index in [9.17, 15) is 9.59 Å². The Morgan fingerprint density at radius 3 is 2.11 bits per heavy atom. The van der Waals surface area contributed by atoms with E-state index in [4.69, 9.17) is 14.2 Å². The highest BCUT2D eigenvalue weighted by Gasteiger charge is 2.25. The lowest BCUT2D eigenvalue weighted by Gasteiger charge is -2.22. The number of carbonyl (C=O) groups excluding carboxylic acids is 2. The van der Waals surface area contributed by atoms with Gasteiger partial charge in [-0.1, -0.05) is 30.3 Å². The Bertz CT molecular complexity index is 750. The summed E-state index contributed by atoms with van der Waals surface area (Å²) in [5.41, 5.74) is 0.197. The van der Waals surface area contributed by atoms with Crippen LogP contribution in [0.15, 0.2) is 54.6 Å². The number of rotatable bonds is 6. The lowest BCUT2D eigenvalue weighted by molar-refractivity contribution is -0.143. The molecule has 2 aromatic rings. The molecule has 0 spiro atoms. The Balaban J connectivity index is 2.02. The second kappa shape index (κ2) is 9.07. The smallest absolute Gasteiger partial charge is 0.408 e. The van der Waals surface area contributed by atoms with Crippen molar-refractivity contribution in [1.29, 1.82) is 0 Å². The number of para-hydroxylation sites is 1. The molecule has 0 unspecified atom stereocenters. The molecular formula is C21H25NO5. The molecule has 2 aromatic carbocycles. The molecular weight excluding hydrogens is 346 g/mol. The topological polar surface area (TPSA) is 73.9 Å². The number of esters is 1. The summed E-state index contributed by atoms with van der Waals surface area (Å²) in [5, 5.41) is 2.56. The van der Waals surface area contributed by atoms with Gasteiger partial charge in [0.25, 0.3) is 0 Å². The molecule has 0 radical (unpaired) electrons. The molecule has 0 aromatic heterocycles. The van der Waals surface area contributed by atoms with Crippen LogP contribution in [0.4, 0.5) is 4.79 Å². The van der Waals surface area contributed by atoms with Crippen molar-refractivity contribution in [2.24, 2.45) is 0 Å². The Hall–Kier alpha value is -3.02. The number of amides is 1. The van der Waals surface area contributed by atoms with Gasteiger partial charge in [0.15, 0.2) is 0 Å². The molecule has 0 heterocycles. The van der Waals surface area contributed by atoms with Gasteiger partial charge in [-0.2, -0.15) is 0 Å². The van der Waals surface area contributed by atoms with Gasteiger partial charge < -0.3 is 19.5 Å². The van der Waals surface area contributed by atoms with Crippen LogP contribution in [-0.4, -0.2) is 30.8 Å². The van der Waals surface area contributed by atoms with E-state index in [2.05, 4.69) is 5.32 Å². The first-order valence-electron chi connectivity index (χ1n) is 8.66. The predicted octanol–water partition coefficient (Wildman–Crippen LogP) is 4.09. The van der Waals surface area contributed by atoms with E-state index < -0.39 is 23.7 Å². The maximum atomic E-state index is 12.0. The molecule has 0 bridgehead atoms. The SMILES string of the molecule is COC(=O)[C@@H](Cc1ccc(Oc2ccccc2)cc1)NC(=O)OC(C)(C)C. The zero-order valence-electron chi connectivity index (χ0n) is 16.0. The summed E-state index contributed by atoms with van der Waals surface area (Å²) in [6.07, 6.45) is -0.390. The third-order valence-electron chi connectivity index (χ3n) is 3.52. The third kappa shape index (κ3) is 7.01. The fourth-order valence-electron chi connectivity index (χ4n) is 2.34. The van der Waals surface area contributed by atoms with Crippen LogP contribution in [-0.2, 0) is 20.7 Å². The van der Waals surface area contributed by atoms with E-state index in [-0.39, 0.29) is 6.42 Å². The van der Waals surface area contributed by atoms with Gasteiger partial charge in [-0.3, -0.25) is 0 Å². The normalized spacial score (nSPS) is 12.0. The number of benzene rings is 2. The molecule has 0 aliphatic carbocycles. The van der Waals surface area contributed by atoms with Crippen LogP contribution < -0.4 is 10.1 Å². The van der Waals surface area contributed by atoms with Gasteiger partial charge in [-0.15, -0.1) is 0 Å². The summed E-state index contributed by atoms with van der Waals surface area (Å²) in [7, 11) is 1.28. The lowest BCUT2D eigenvalue weighted by Crippen LogP contribution is -2.45. The largest absolute Gasteiger partial charge is 0.467 e. The first-order valence-corrected chi connectivity index (χ1v) is 8.66. The van der Waals surface area contributed by atoms with Crippen molar-refractivity contribution < 1.29 is 23.8 Å². The fourth-order valence-corrected chi connectivity index (χ4v) is 2.34. The summed E-state index contributed by atoms with van der Waals surface area (Å²) in [6, 6.07) is 15.9. The van der Waals surface area contributed by atoms with Crippen LogP contribution >= 0.6 is 0 Å². The van der Waals surface area contributed by atoms with Crippen molar-refractivity contribution in [3.63, 3.8) is 0 Å². The van der Waals surface area contributed by atoms with E-state index in [1.54, 1.807) is 20.8 Å². The second-order valence-corrected chi connectivity index (χ2v) is 6.99. The van der Waals surface area contributed by atoms with Gasteiger partial charge >= 0.3 is 12.1 Å². The van der Waals surface area contributed by atoms with E-state index in [0.29, 0.717) is 5.75 Å². The third-order valence-corrected chi connectivity index (χ3v) is 3.52. The molecule has 0 aliphatic heterocycles. The van der Waals surface area contributed by atoms with Crippen molar-refractivity contribution in [2.45, 2.75) is 38.8 Å². The zero-order valence-corrected chi connectivity index (χ0v) is 16.0. The molecule has 27 heavy (non-hydrogen) atoms. The molecule has 0 saturated carbocycles. The zero-order chi connectivity index (χ0) is 19.9. The maximum Gasteiger partial charge on any atom is 0.408 e. The van der Waals surface area contributed by atoms with Gasteiger partial charge in [-0.25, -0.2) is 9.59 Å². The van der Waals surface area contributed by atoms with E-state index >= 15 is 0 Å². The molecule has 2 rings (SSSR count). The van der Waals surface area contributed by atoms with Gasteiger partial charge in [0.2, 0.25) is 0 Å². The number of hydrogen-bond donors (Lipinski definition) is 1. The van der Waals surface area contributed by atoms with Crippen LogP contribution in [0.5, 0.6) is 11.5 Å². The summed E-state index contributed by atoms with van der Waals surface area (Å²) < 4.78 is 15.7. The van der Waals surface area contributed by atoms with Crippen molar-refractivity contribution in [3.8, 4) is 11.5 Å². The summed E-state index contributed by atoms with van der Waals surface area (Å²) in [6.45, 7) is 5.27. The Labute approximate surface area is 159 Å². The highest BCUT2D eigenvalue weighted by molar-refractivity contribution is 5.81. The van der Waals surface area contributed by atoms with E-state index in [0.717, 1.165) is 11.3 Å². The summed E-state index contributed by atoms with van der Waals surface area (Å²) in [5.74, 6) is 0.884. The minimum atomic E-state index is -0.842. The number of hydrogen-bond acceptors (Lipinski definition) is 5. The van der Waals surface area contributed by atoms with Crippen molar-refractivity contribution in [1.82, 2.24) is 5.32 Å². The standard InChI is InChI=1S/C21H25NO5/c1-21(2,3)27-20(24)22-18(19(23)25-4)14-15-10-12-17(13-11-15)26-16-8-6-5-7-9-16/h5-13,18H,14H2,1-4H3,(H,22,24)/t18-/m1/s1. The fraction of sp³-hybridized carbons (Fsp3) is 0.333. The summed E-state index contributed by atoms with van der Waals surface area (Å²) >= 11 is 0.